The number of aromatic nitrogens is 3. The number of aryl methyl sites for hydroxylation is 1. The third-order valence-electron chi connectivity index (χ3n) is 6.50. The van der Waals surface area contributed by atoms with Crippen molar-refractivity contribution in [2.75, 3.05) is 11.9 Å². The zero-order chi connectivity index (χ0) is 21.5. The normalized spacial score (nSPS) is 23.0. The Morgan fingerprint density at radius 1 is 1.13 bits per heavy atom. The van der Waals surface area contributed by atoms with Gasteiger partial charge in [0.25, 0.3) is 0 Å². The monoisotopic (exact) mass is 423 g/mol. The molecule has 3 aromatic rings. The Morgan fingerprint density at radius 3 is 2.55 bits per heavy atom. The van der Waals surface area contributed by atoms with Crippen LogP contribution in [0.25, 0.3) is 22.6 Å². The van der Waals surface area contributed by atoms with Crippen molar-refractivity contribution in [3.63, 3.8) is 0 Å². The fraction of sp³-hybridized carbons (Fsp3) is 0.435. The lowest BCUT2D eigenvalue weighted by Crippen LogP contribution is -2.54. The van der Waals surface area contributed by atoms with Crippen LogP contribution in [0.2, 0.25) is 0 Å². The number of hydrogen-bond acceptors (Lipinski definition) is 7. The zero-order valence-electron chi connectivity index (χ0n) is 17.7. The van der Waals surface area contributed by atoms with Crippen LogP contribution >= 0.6 is 0 Å². The number of anilines is 1. The number of nitrogens with one attached hydrogen (secondary N) is 1. The van der Waals surface area contributed by atoms with E-state index in [9.17, 15) is 9.50 Å². The summed E-state index contributed by atoms with van der Waals surface area (Å²) < 4.78 is 20.1. The first-order valence-electron chi connectivity index (χ1n) is 10.8. The predicted octanol–water partition coefficient (Wildman–Crippen LogP) is 4.06. The van der Waals surface area contributed by atoms with Gasteiger partial charge in [0.1, 0.15) is 11.6 Å². The highest BCUT2D eigenvalue weighted by Crippen LogP contribution is 2.35. The number of aromatic hydroxyl groups is 1. The smallest absolute Gasteiger partial charge is 0.191 e. The lowest BCUT2D eigenvalue weighted by Gasteiger charge is -2.43. The van der Waals surface area contributed by atoms with Gasteiger partial charge in [-0.2, -0.15) is 0 Å². The number of halogens is 1. The summed E-state index contributed by atoms with van der Waals surface area (Å²) in [5.41, 5.74) is 0.856. The third kappa shape index (κ3) is 3.87. The SMILES string of the molecule is Cc1ncc(-c2cc(O)c(-c3ccc(N(C)C4C[C@@H]5CCC[C@@H](C4)N5)nn3)cc2F)o1. The van der Waals surface area contributed by atoms with Crippen molar-refractivity contribution in [2.45, 2.75) is 57.2 Å². The molecule has 2 saturated heterocycles. The average Bonchev–Trinajstić information content (AvgIpc) is 3.20. The van der Waals surface area contributed by atoms with Gasteiger partial charge in [0, 0.05) is 37.7 Å². The quantitative estimate of drug-likeness (QED) is 0.654. The highest BCUT2D eigenvalue weighted by molar-refractivity contribution is 5.73. The summed E-state index contributed by atoms with van der Waals surface area (Å²) in [6.07, 6.45) is 7.42. The fourth-order valence-electron chi connectivity index (χ4n) is 4.84. The maximum absolute atomic E-state index is 14.7. The molecule has 0 unspecified atom stereocenters. The first kappa shape index (κ1) is 19.9. The first-order valence-corrected chi connectivity index (χ1v) is 10.8. The molecule has 2 aromatic heterocycles. The van der Waals surface area contributed by atoms with Gasteiger partial charge < -0.3 is 19.7 Å². The molecule has 4 heterocycles. The fourth-order valence-corrected chi connectivity index (χ4v) is 4.84. The van der Waals surface area contributed by atoms with Gasteiger partial charge >= 0.3 is 0 Å². The van der Waals surface area contributed by atoms with E-state index in [4.69, 9.17) is 4.42 Å². The number of hydrogen-bond donors (Lipinski definition) is 2. The Labute approximate surface area is 180 Å². The number of nitrogens with zero attached hydrogens (tertiary/aromatic N) is 4. The number of rotatable bonds is 4. The number of benzene rings is 1. The lowest BCUT2D eigenvalue weighted by atomic mass is 9.83. The van der Waals surface area contributed by atoms with E-state index in [0.29, 0.717) is 29.7 Å². The van der Waals surface area contributed by atoms with E-state index in [-0.39, 0.29) is 22.6 Å². The van der Waals surface area contributed by atoms with E-state index in [1.807, 2.05) is 6.07 Å². The van der Waals surface area contributed by atoms with Crippen LogP contribution in [0.1, 0.15) is 38.0 Å². The number of fused-ring (bicyclic) bond motifs is 2. The summed E-state index contributed by atoms with van der Waals surface area (Å²) in [5, 5.41) is 22.9. The highest BCUT2D eigenvalue weighted by Gasteiger charge is 2.33. The molecule has 2 fully saturated rings. The summed E-state index contributed by atoms with van der Waals surface area (Å²) in [4.78, 5) is 6.17. The Balaban J connectivity index is 1.37. The molecule has 31 heavy (non-hydrogen) atoms. The predicted molar refractivity (Wildman–Crippen MR) is 115 cm³/mol. The van der Waals surface area contributed by atoms with Crippen molar-refractivity contribution in [2.24, 2.45) is 0 Å². The Morgan fingerprint density at radius 2 is 1.90 bits per heavy atom. The van der Waals surface area contributed by atoms with Crippen molar-refractivity contribution >= 4 is 5.82 Å². The van der Waals surface area contributed by atoms with Crippen LogP contribution in [-0.2, 0) is 0 Å². The zero-order valence-corrected chi connectivity index (χ0v) is 17.7. The van der Waals surface area contributed by atoms with Crippen LogP contribution in [-0.4, -0.2) is 45.5 Å². The number of phenolic OH excluding ortho intramolecular Hbond substituents is 1. The van der Waals surface area contributed by atoms with E-state index >= 15 is 0 Å². The van der Waals surface area contributed by atoms with Crippen LogP contribution in [0.3, 0.4) is 0 Å². The molecule has 162 valence electrons. The Kier molecular flexibility index (Phi) is 5.09. The maximum atomic E-state index is 14.7. The van der Waals surface area contributed by atoms with E-state index in [1.54, 1.807) is 13.0 Å². The van der Waals surface area contributed by atoms with Crippen LogP contribution in [0.15, 0.2) is 34.9 Å². The van der Waals surface area contributed by atoms with E-state index in [0.717, 1.165) is 18.7 Å². The van der Waals surface area contributed by atoms with Gasteiger partial charge in [-0.25, -0.2) is 9.37 Å². The van der Waals surface area contributed by atoms with Crippen molar-refractivity contribution in [3.05, 3.63) is 42.2 Å². The summed E-state index contributed by atoms with van der Waals surface area (Å²) in [5.74, 6) is 0.871. The van der Waals surface area contributed by atoms with Gasteiger partial charge in [0.05, 0.1) is 17.5 Å². The number of piperidine rings is 2. The molecule has 0 aliphatic carbocycles. The molecule has 2 atom stereocenters. The first-order chi connectivity index (χ1) is 15.0. The molecule has 1 aromatic carbocycles. The van der Waals surface area contributed by atoms with Gasteiger partial charge in [0.15, 0.2) is 17.5 Å². The number of phenols is 1. The van der Waals surface area contributed by atoms with Crippen molar-refractivity contribution in [1.29, 1.82) is 0 Å². The van der Waals surface area contributed by atoms with E-state index < -0.39 is 5.82 Å². The Bertz CT molecular complexity index is 1070. The molecule has 2 N–H and O–H groups in total. The molecule has 0 amide bonds. The topological polar surface area (TPSA) is 87.3 Å². The minimum atomic E-state index is -0.520. The van der Waals surface area contributed by atoms with Crippen LogP contribution < -0.4 is 10.2 Å². The standard InChI is InChI=1S/C23H26FN5O2/c1-13-25-12-22(31-13)17-11-21(30)18(10-19(17)24)20-6-7-23(28-27-20)29(2)16-8-14-4-3-5-15(9-16)26-14/h6-7,10-12,14-16,26,30H,3-5,8-9H2,1-2H3/t14-,15-/m0/s1. The van der Waals surface area contributed by atoms with Crippen LogP contribution in [0.4, 0.5) is 10.2 Å². The van der Waals surface area contributed by atoms with E-state index in [2.05, 4.69) is 32.4 Å². The van der Waals surface area contributed by atoms with E-state index in [1.165, 1.54) is 37.6 Å². The van der Waals surface area contributed by atoms with Gasteiger partial charge in [-0.05, 0) is 49.9 Å². The largest absolute Gasteiger partial charge is 0.507 e. The minimum absolute atomic E-state index is 0.0907. The molecule has 8 heteroatoms. The van der Waals surface area contributed by atoms with Crippen molar-refractivity contribution in [1.82, 2.24) is 20.5 Å². The summed E-state index contributed by atoms with van der Waals surface area (Å²) >= 11 is 0. The van der Waals surface area contributed by atoms with Gasteiger partial charge in [-0.1, -0.05) is 6.42 Å². The van der Waals surface area contributed by atoms with Gasteiger partial charge in [0.2, 0.25) is 0 Å². The molecule has 5 rings (SSSR count). The van der Waals surface area contributed by atoms with Gasteiger partial charge in [-0.3, -0.25) is 0 Å². The molecular formula is C23H26FN5O2. The Hall–Kier alpha value is -3.00. The second kappa shape index (κ2) is 7.92. The van der Waals surface area contributed by atoms with Gasteiger partial charge in [-0.15, -0.1) is 10.2 Å². The second-order valence-electron chi connectivity index (χ2n) is 8.60. The third-order valence-corrected chi connectivity index (χ3v) is 6.50. The lowest BCUT2D eigenvalue weighted by molar-refractivity contribution is 0.219. The minimum Gasteiger partial charge on any atom is -0.507 e. The average molecular weight is 423 g/mol. The van der Waals surface area contributed by atoms with Crippen molar-refractivity contribution in [3.8, 4) is 28.3 Å². The van der Waals surface area contributed by atoms with Crippen LogP contribution in [0, 0.1) is 12.7 Å². The molecule has 7 nitrogen and oxygen atoms in total. The molecule has 2 bridgehead atoms. The number of oxazole rings is 1. The van der Waals surface area contributed by atoms with Crippen LogP contribution in [0.5, 0.6) is 5.75 Å². The molecule has 0 spiro atoms. The second-order valence-corrected chi connectivity index (χ2v) is 8.60. The summed E-state index contributed by atoms with van der Waals surface area (Å²) in [6.45, 7) is 1.68. The summed E-state index contributed by atoms with van der Waals surface area (Å²) in [7, 11) is 2.06. The molecule has 0 saturated carbocycles. The highest BCUT2D eigenvalue weighted by atomic mass is 19.1. The molecule has 0 radical (unpaired) electrons. The summed E-state index contributed by atoms with van der Waals surface area (Å²) in [6, 6.07) is 7.83. The molecule has 2 aliphatic rings. The molecular weight excluding hydrogens is 397 g/mol. The van der Waals surface area contributed by atoms with Crippen molar-refractivity contribution < 1.29 is 13.9 Å². The maximum Gasteiger partial charge on any atom is 0.191 e. The molecule has 2 aliphatic heterocycles.